The highest BCUT2D eigenvalue weighted by Gasteiger charge is 2.22. The zero-order chi connectivity index (χ0) is 18.3. The molecular weight excluding hydrogens is 342 g/mol. The van der Waals surface area contributed by atoms with E-state index in [9.17, 15) is 13.2 Å². The van der Waals surface area contributed by atoms with Crippen molar-refractivity contribution in [3.63, 3.8) is 0 Å². The monoisotopic (exact) mass is 361 g/mol. The summed E-state index contributed by atoms with van der Waals surface area (Å²) in [6.07, 6.45) is 1.48. The van der Waals surface area contributed by atoms with Crippen molar-refractivity contribution in [1.82, 2.24) is 9.73 Å². The lowest BCUT2D eigenvalue weighted by molar-refractivity contribution is -0.121. The van der Waals surface area contributed by atoms with Crippen molar-refractivity contribution < 1.29 is 17.9 Å². The van der Waals surface area contributed by atoms with Gasteiger partial charge in [0.25, 0.3) is 5.91 Å². The maximum atomic E-state index is 12.4. The molecule has 0 unspecified atom stereocenters. The van der Waals surface area contributed by atoms with Crippen molar-refractivity contribution in [3.05, 3.63) is 60.2 Å². The Hall–Kier alpha value is -2.71. The van der Waals surface area contributed by atoms with Gasteiger partial charge >= 0.3 is 0 Å². The van der Waals surface area contributed by atoms with Crippen LogP contribution in [0.1, 0.15) is 5.56 Å². The molecule has 132 valence electrons. The number of nitrogens with zero attached hydrogens (tertiary/aromatic N) is 2. The Morgan fingerprint density at radius 2 is 1.80 bits per heavy atom. The van der Waals surface area contributed by atoms with E-state index in [1.807, 2.05) is 30.3 Å². The molecule has 1 amide bonds. The largest absolute Gasteiger partial charge is 0.497 e. The molecule has 0 bridgehead atoms. The predicted molar refractivity (Wildman–Crippen MR) is 95.0 cm³/mol. The third-order valence-corrected chi connectivity index (χ3v) is 5.15. The highest BCUT2D eigenvalue weighted by atomic mass is 32.2. The van der Waals surface area contributed by atoms with Crippen LogP contribution < -0.4 is 10.2 Å². The minimum Gasteiger partial charge on any atom is -0.497 e. The number of benzene rings is 2. The number of methoxy groups -OCH3 is 1. The standard InChI is InChI=1S/C17H19N3O4S/c1-20(25(22,23)16-10-8-15(24-2)9-11-16)13-17(21)19-18-12-14-6-4-3-5-7-14/h3-12H,13H2,1-2H3,(H,19,21)/b18-12-. The summed E-state index contributed by atoms with van der Waals surface area (Å²) in [4.78, 5) is 12.0. The molecule has 25 heavy (non-hydrogen) atoms. The highest BCUT2D eigenvalue weighted by molar-refractivity contribution is 7.89. The van der Waals surface area contributed by atoms with Gasteiger partial charge in [-0.3, -0.25) is 4.79 Å². The van der Waals surface area contributed by atoms with E-state index in [0.29, 0.717) is 5.75 Å². The summed E-state index contributed by atoms with van der Waals surface area (Å²) < 4.78 is 30.8. The molecule has 7 nitrogen and oxygen atoms in total. The molecule has 1 N–H and O–H groups in total. The van der Waals surface area contributed by atoms with Crippen LogP contribution in [0.5, 0.6) is 5.75 Å². The van der Waals surface area contributed by atoms with E-state index in [1.165, 1.54) is 32.5 Å². The first-order valence-corrected chi connectivity index (χ1v) is 8.85. The highest BCUT2D eigenvalue weighted by Crippen LogP contribution is 2.18. The van der Waals surface area contributed by atoms with Crippen LogP contribution in [0.4, 0.5) is 0 Å². The zero-order valence-corrected chi connectivity index (χ0v) is 14.7. The van der Waals surface area contributed by atoms with E-state index in [-0.39, 0.29) is 11.4 Å². The van der Waals surface area contributed by atoms with Gasteiger partial charge in [0.05, 0.1) is 24.8 Å². The van der Waals surface area contributed by atoms with Crippen LogP contribution in [0.25, 0.3) is 0 Å². The van der Waals surface area contributed by atoms with E-state index in [0.717, 1.165) is 9.87 Å². The lowest BCUT2D eigenvalue weighted by Gasteiger charge is -2.16. The molecule has 0 radical (unpaired) electrons. The van der Waals surface area contributed by atoms with Crippen LogP contribution in [-0.2, 0) is 14.8 Å². The van der Waals surface area contributed by atoms with E-state index in [2.05, 4.69) is 10.5 Å². The van der Waals surface area contributed by atoms with E-state index in [4.69, 9.17) is 4.74 Å². The molecule has 2 aromatic rings. The maximum Gasteiger partial charge on any atom is 0.255 e. The quantitative estimate of drug-likeness (QED) is 0.597. The fraction of sp³-hybridized carbons (Fsp3) is 0.176. The Morgan fingerprint density at radius 1 is 1.16 bits per heavy atom. The molecule has 0 fully saturated rings. The maximum absolute atomic E-state index is 12.4. The molecule has 8 heteroatoms. The van der Waals surface area contributed by atoms with Gasteiger partial charge in [-0.1, -0.05) is 30.3 Å². The van der Waals surface area contributed by atoms with Crippen LogP contribution >= 0.6 is 0 Å². The summed E-state index contributed by atoms with van der Waals surface area (Å²) in [5, 5.41) is 3.81. The number of hydrogen-bond acceptors (Lipinski definition) is 5. The fourth-order valence-corrected chi connectivity index (χ4v) is 3.10. The average Bonchev–Trinajstić information content (AvgIpc) is 2.62. The first-order valence-electron chi connectivity index (χ1n) is 7.41. The van der Waals surface area contributed by atoms with Crippen molar-refractivity contribution in [2.75, 3.05) is 20.7 Å². The van der Waals surface area contributed by atoms with Gasteiger partial charge in [0.1, 0.15) is 5.75 Å². The molecule has 0 aliphatic rings. The van der Waals surface area contributed by atoms with E-state index >= 15 is 0 Å². The van der Waals surface area contributed by atoms with Crippen molar-refractivity contribution in [1.29, 1.82) is 0 Å². The molecule has 0 aromatic heterocycles. The number of ether oxygens (including phenoxy) is 1. The minimum absolute atomic E-state index is 0.0800. The SMILES string of the molecule is COc1ccc(S(=O)(=O)N(C)CC(=O)N/N=C\c2ccccc2)cc1. The van der Waals surface area contributed by atoms with Crippen LogP contribution in [0, 0.1) is 0 Å². The van der Waals surface area contributed by atoms with Gasteiger partial charge in [0.2, 0.25) is 10.0 Å². The van der Waals surface area contributed by atoms with E-state index < -0.39 is 15.9 Å². The second kappa shape index (κ2) is 8.41. The molecule has 2 rings (SSSR count). The lowest BCUT2D eigenvalue weighted by Crippen LogP contribution is -2.36. The second-order valence-corrected chi connectivity index (χ2v) is 7.19. The molecule has 0 saturated heterocycles. The van der Waals surface area contributed by atoms with E-state index in [1.54, 1.807) is 12.1 Å². The number of rotatable bonds is 7. The molecule has 0 saturated carbocycles. The Bertz CT molecular complexity index is 834. The summed E-state index contributed by atoms with van der Waals surface area (Å²) in [5.41, 5.74) is 3.13. The first kappa shape index (κ1) is 18.6. The third kappa shape index (κ3) is 5.13. The number of sulfonamides is 1. The Labute approximate surface area is 147 Å². The summed E-state index contributed by atoms with van der Waals surface area (Å²) in [6, 6.07) is 15.2. The number of carbonyl (C=O) groups is 1. The third-order valence-electron chi connectivity index (χ3n) is 3.34. The minimum atomic E-state index is -3.77. The van der Waals surface area contributed by atoms with Gasteiger partial charge < -0.3 is 4.74 Å². The molecular formula is C17H19N3O4S. The zero-order valence-electron chi connectivity index (χ0n) is 13.9. The Balaban J connectivity index is 1.96. The lowest BCUT2D eigenvalue weighted by atomic mass is 10.2. The number of hydrazone groups is 1. The van der Waals surface area contributed by atoms with Gasteiger partial charge in [-0.2, -0.15) is 9.41 Å². The summed E-state index contributed by atoms with van der Waals surface area (Å²) in [5.74, 6) is 0.0152. The fourth-order valence-electron chi connectivity index (χ4n) is 1.97. The van der Waals surface area contributed by atoms with Gasteiger partial charge in [-0.05, 0) is 29.8 Å². The second-order valence-electron chi connectivity index (χ2n) is 5.14. The smallest absolute Gasteiger partial charge is 0.255 e. The van der Waals surface area contributed by atoms with Crippen molar-refractivity contribution in [2.24, 2.45) is 5.10 Å². The first-order chi connectivity index (χ1) is 11.9. The molecule has 0 aliphatic carbocycles. The Morgan fingerprint density at radius 3 is 2.40 bits per heavy atom. The summed E-state index contributed by atoms with van der Waals surface area (Å²) in [6.45, 7) is -0.347. The van der Waals surface area contributed by atoms with Gasteiger partial charge in [0.15, 0.2) is 0 Å². The number of likely N-dealkylation sites (N-methyl/N-ethyl adjacent to an activating group) is 1. The summed E-state index contributed by atoms with van der Waals surface area (Å²) in [7, 11) is -0.942. The molecule has 2 aromatic carbocycles. The van der Waals surface area contributed by atoms with Crippen LogP contribution in [0.15, 0.2) is 64.6 Å². The predicted octanol–water partition coefficient (Wildman–Crippen LogP) is 1.47. The van der Waals surface area contributed by atoms with Crippen molar-refractivity contribution >= 4 is 22.1 Å². The van der Waals surface area contributed by atoms with Crippen LogP contribution in [0.3, 0.4) is 0 Å². The molecule has 0 atom stereocenters. The number of amides is 1. The topological polar surface area (TPSA) is 88.1 Å². The normalized spacial score (nSPS) is 11.6. The van der Waals surface area contributed by atoms with Gasteiger partial charge in [-0.15, -0.1) is 0 Å². The van der Waals surface area contributed by atoms with Crippen molar-refractivity contribution in [3.8, 4) is 5.75 Å². The van der Waals surface area contributed by atoms with Crippen molar-refractivity contribution in [2.45, 2.75) is 4.90 Å². The molecule has 0 aliphatic heterocycles. The van der Waals surface area contributed by atoms with Crippen LogP contribution in [0.2, 0.25) is 0 Å². The van der Waals surface area contributed by atoms with Gasteiger partial charge in [0, 0.05) is 7.05 Å². The Kier molecular flexibility index (Phi) is 6.26. The number of hydrogen-bond donors (Lipinski definition) is 1. The van der Waals surface area contributed by atoms with Gasteiger partial charge in [-0.25, -0.2) is 13.8 Å². The number of nitrogens with one attached hydrogen (secondary N) is 1. The molecule has 0 spiro atoms. The van der Waals surface area contributed by atoms with Crippen LogP contribution in [-0.4, -0.2) is 45.5 Å². The summed E-state index contributed by atoms with van der Waals surface area (Å²) >= 11 is 0. The molecule has 0 heterocycles. The number of carbonyl (C=O) groups excluding carboxylic acids is 1. The average molecular weight is 361 g/mol.